The van der Waals surface area contributed by atoms with E-state index < -0.39 is 14.9 Å². The van der Waals surface area contributed by atoms with E-state index in [4.69, 9.17) is 13.5 Å². The van der Waals surface area contributed by atoms with E-state index in [1.807, 2.05) is 30.6 Å². The number of rotatable bonds is 4. The molecule has 8 rings (SSSR count). The zero-order valence-corrected chi connectivity index (χ0v) is 30.3. The van der Waals surface area contributed by atoms with Crippen molar-refractivity contribution in [2.75, 3.05) is 0 Å². The molecule has 0 saturated heterocycles. The number of benzene rings is 4. The maximum absolute atomic E-state index is 7.35. The van der Waals surface area contributed by atoms with Gasteiger partial charge < -0.3 is 14.4 Å². The Bertz CT molecular complexity index is 2190. The Morgan fingerprint density at radius 3 is 2.40 bits per heavy atom. The Labute approximate surface area is 296 Å². The minimum Gasteiger partial charge on any atom is -0.501 e. The van der Waals surface area contributed by atoms with Crippen molar-refractivity contribution in [3.8, 4) is 33.6 Å². The molecule has 0 fully saturated rings. The Hall–Kier alpha value is -4.15. The fraction of sp³-hybridized carbons (Fsp3) is 0.190. The van der Waals surface area contributed by atoms with E-state index in [0.29, 0.717) is 5.56 Å². The Balaban J connectivity index is 0.000000182. The van der Waals surface area contributed by atoms with Crippen molar-refractivity contribution in [1.29, 1.82) is 0 Å². The molecule has 0 amide bonds. The summed E-state index contributed by atoms with van der Waals surface area (Å²) in [6.07, 6.45) is 8.57. The standard InChI is InChI=1S/C27H20NO.C15H18NSi.Ir/c1-2-7-18(8-3-1)20-13-14-22-23-11-6-12-24(27(23)29-25(22)17-20)26-21-10-5-4-9-19(21)15-16-28-26;1-12-5-7-13(8-6-12)15-10-9-14(11-16-15)17(2,3)4;/h1-3,6-8,11,13-17H,4-5,9-10H2;5-7,9-11H,1-4H3;/q2*-1;/i;1D3;. The first-order chi connectivity index (χ1) is 23.6. The van der Waals surface area contributed by atoms with Crippen molar-refractivity contribution in [3.63, 3.8) is 0 Å². The third-order valence-corrected chi connectivity index (χ3v) is 10.8. The van der Waals surface area contributed by atoms with Gasteiger partial charge in [0.25, 0.3) is 0 Å². The second-order valence-corrected chi connectivity index (χ2v) is 18.0. The summed E-state index contributed by atoms with van der Waals surface area (Å²) in [5.41, 5.74) is 10.9. The number of hydrogen-bond acceptors (Lipinski definition) is 3. The molecule has 5 heteroatoms. The second-order valence-electron chi connectivity index (χ2n) is 13.0. The molecule has 1 aliphatic rings. The first kappa shape index (κ1) is 29.0. The summed E-state index contributed by atoms with van der Waals surface area (Å²) in [6, 6.07) is 38.6. The number of furan rings is 1. The topological polar surface area (TPSA) is 38.9 Å². The van der Waals surface area contributed by atoms with E-state index >= 15 is 0 Å². The van der Waals surface area contributed by atoms with Crippen LogP contribution in [0.5, 0.6) is 0 Å². The van der Waals surface area contributed by atoms with Crippen molar-refractivity contribution < 1.29 is 28.6 Å². The van der Waals surface area contributed by atoms with E-state index in [-0.39, 0.29) is 20.1 Å². The van der Waals surface area contributed by atoms with Gasteiger partial charge in [-0.15, -0.1) is 53.6 Å². The minimum atomic E-state index is -2.08. The van der Waals surface area contributed by atoms with E-state index in [9.17, 15) is 0 Å². The number of aryl methyl sites for hydroxylation is 2. The van der Waals surface area contributed by atoms with Crippen LogP contribution in [0.2, 0.25) is 19.6 Å². The van der Waals surface area contributed by atoms with Gasteiger partial charge in [0.1, 0.15) is 5.58 Å². The van der Waals surface area contributed by atoms with Crippen LogP contribution in [0.25, 0.3) is 55.6 Å². The van der Waals surface area contributed by atoms with Crippen LogP contribution >= 0.6 is 0 Å². The van der Waals surface area contributed by atoms with Gasteiger partial charge in [-0.25, -0.2) is 0 Å². The van der Waals surface area contributed by atoms with Gasteiger partial charge in [0, 0.05) is 42.0 Å². The third kappa shape index (κ3) is 6.94. The van der Waals surface area contributed by atoms with Crippen LogP contribution in [0.15, 0.2) is 114 Å². The van der Waals surface area contributed by atoms with Gasteiger partial charge in [0.05, 0.1) is 13.7 Å². The molecule has 0 unspecified atom stereocenters. The average Bonchev–Trinajstić information content (AvgIpc) is 3.50. The van der Waals surface area contributed by atoms with Crippen LogP contribution in [0, 0.1) is 19.0 Å². The summed E-state index contributed by atoms with van der Waals surface area (Å²) in [5, 5.41) is 3.57. The van der Waals surface area contributed by atoms with E-state index in [1.165, 1.54) is 40.8 Å². The molecular formula is C42H38IrN2OSi-2. The zero-order chi connectivity index (χ0) is 34.2. The Morgan fingerprint density at radius 1 is 0.809 bits per heavy atom. The van der Waals surface area contributed by atoms with Gasteiger partial charge in [-0.2, -0.15) is 0 Å². The summed E-state index contributed by atoms with van der Waals surface area (Å²) in [6.45, 7) is 4.76. The SMILES string of the molecule is [2H]C([2H])([2H])c1c[c-]c(-c2ccc([Si](C)(C)C)cn2)cc1.[Ir].[c-]1ccc2c(oc3cc(-c4ccccc4)ccc32)c1-c1nccc2c1CCCC2. The largest absolute Gasteiger partial charge is 0.501 e. The molecule has 0 atom stereocenters. The number of fused-ring (bicyclic) bond motifs is 4. The van der Waals surface area contributed by atoms with Gasteiger partial charge in [-0.05, 0) is 65.5 Å². The fourth-order valence-electron chi connectivity index (χ4n) is 6.19. The molecular weight excluding hydrogens is 769 g/mol. The van der Waals surface area contributed by atoms with Gasteiger partial charge in [0.15, 0.2) is 0 Å². The maximum Gasteiger partial charge on any atom is 0.121 e. The molecule has 4 aromatic carbocycles. The van der Waals surface area contributed by atoms with Crippen LogP contribution in [-0.4, -0.2) is 18.0 Å². The Morgan fingerprint density at radius 2 is 1.66 bits per heavy atom. The van der Waals surface area contributed by atoms with Crippen molar-refractivity contribution in [2.24, 2.45) is 0 Å². The zero-order valence-electron chi connectivity index (χ0n) is 29.9. The number of pyridine rings is 2. The van der Waals surface area contributed by atoms with Crippen LogP contribution in [0.4, 0.5) is 0 Å². The number of hydrogen-bond donors (Lipinski definition) is 0. The van der Waals surface area contributed by atoms with Crippen molar-refractivity contribution in [3.05, 3.63) is 138 Å². The van der Waals surface area contributed by atoms with Gasteiger partial charge in [-0.1, -0.05) is 103 Å². The summed E-state index contributed by atoms with van der Waals surface area (Å²) in [7, 11) is -1.34. The van der Waals surface area contributed by atoms with Crippen molar-refractivity contribution in [2.45, 2.75) is 52.2 Å². The molecule has 3 aromatic heterocycles. The van der Waals surface area contributed by atoms with Crippen LogP contribution in [0.1, 0.15) is 33.6 Å². The normalized spacial score (nSPS) is 13.8. The maximum atomic E-state index is 7.35. The van der Waals surface area contributed by atoms with E-state index in [0.717, 1.165) is 62.9 Å². The molecule has 3 nitrogen and oxygen atoms in total. The number of aromatic nitrogens is 2. The minimum absolute atomic E-state index is 0. The molecule has 0 saturated carbocycles. The van der Waals surface area contributed by atoms with Gasteiger partial charge in [-0.3, -0.25) is 0 Å². The monoisotopic (exact) mass is 810 g/mol. The molecule has 47 heavy (non-hydrogen) atoms. The third-order valence-electron chi connectivity index (χ3n) is 8.77. The number of nitrogens with zero attached hydrogens (tertiary/aromatic N) is 2. The summed E-state index contributed by atoms with van der Waals surface area (Å²) >= 11 is 0. The summed E-state index contributed by atoms with van der Waals surface area (Å²) in [5.74, 6) is 0. The van der Waals surface area contributed by atoms with Crippen molar-refractivity contribution in [1.82, 2.24) is 9.97 Å². The van der Waals surface area contributed by atoms with Crippen LogP contribution in [0.3, 0.4) is 0 Å². The molecule has 0 bridgehead atoms. The molecule has 1 radical (unpaired) electrons. The quantitative estimate of drug-likeness (QED) is 0.131. The second kappa shape index (κ2) is 13.9. The van der Waals surface area contributed by atoms with Crippen molar-refractivity contribution >= 4 is 35.2 Å². The molecule has 1 aliphatic carbocycles. The summed E-state index contributed by atoms with van der Waals surface area (Å²) in [4.78, 5) is 9.23. The molecule has 7 aromatic rings. The first-order valence-corrected chi connectivity index (χ1v) is 19.4. The van der Waals surface area contributed by atoms with Gasteiger partial charge in [0.2, 0.25) is 0 Å². The molecule has 0 spiro atoms. The molecule has 3 heterocycles. The fourth-order valence-corrected chi connectivity index (χ4v) is 7.22. The molecule has 0 N–H and O–H groups in total. The van der Waals surface area contributed by atoms with Crippen LogP contribution < -0.4 is 5.19 Å². The van der Waals surface area contributed by atoms with Gasteiger partial charge >= 0.3 is 0 Å². The van der Waals surface area contributed by atoms with E-state index in [1.54, 1.807) is 12.1 Å². The first-order valence-electron chi connectivity index (χ1n) is 17.4. The summed E-state index contributed by atoms with van der Waals surface area (Å²) < 4.78 is 28.5. The molecule has 0 aliphatic heterocycles. The Kier molecular flexibility index (Phi) is 8.59. The van der Waals surface area contributed by atoms with E-state index in [2.05, 4.69) is 97.4 Å². The van der Waals surface area contributed by atoms with Crippen LogP contribution in [-0.2, 0) is 32.9 Å². The predicted octanol–water partition coefficient (Wildman–Crippen LogP) is 10.4. The molecule has 237 valence electrons. The average molecular weight is 810 g/mol. The smallest absolute Gasteiger partial charge is 0.121 e. The predicted molar refractivity (Wildman–Crippen MR) is 194 cm³/mol.